The SMILES string of the molecule is Cc1cc(-n2ncc3cc(NC(=O)N[C@H](C(=O)O)c4ccccc4)ncc32)ccn1. The van der Waals surface area contributed by atoms with Crippen LogP contribution in [-0.2, 0) is 4.79 Å². The average molecular weight is 402 g/mol. The van der Waals surface area contributed by atoms with Gasteiger partial charge in [-0.3, -0.25) is 10.3 Å². The molecule has 4 rings (SSSR count). The molecule has 0 spiro atoms. The Bertz CT molecular complexity index is 1220. The van der Waals surface area contributed by atoms with Gasteiger partial charge in [-0.1, -0.05) is 30.3 Å². The fourth-order valence-electron chi connectivity index (χ4n) is 3.08. The molecule has 1 aromatic carbocycles. The highest BCUT2D eigenvalue weighted by Crippen LogP contribution is 2.20. The number of amides is 2. The number of carbonyl (C=O) groups is 2. The molecule has 0 radical (unpaired) electrons. The number of pyridine rings is 2. The molecule has 0 unspecified atom stereocenters. The van der Waals surface area contributed by atoms with Gasteiger partial charge in [0.15, 0.2) is 6.04 Å². The van der Waals surface area contributed by atoms with E-state index >= 15 is 0 Å². The first-order valence-corrected chi connectivity index (χ1v) is 9.13. The Labute approximate surface area is 171 Å². The van der Waals surface area contributed by atoms with Crippen molar-refractivity contribution >= 4 is 28.7 Å². The maximum Gasteiger partial charge on any atom is 0.330 e. The number of anilines is 1. The number of carbonyl (C=O) groups excluding carboxylic acids is 1. The number of aryl methyl sites for hydroxylation is 1. The number of urea groups is 1. The predicted octanol–water partition coefficient (Wildman–Crippen LogP) is 3.07. The van der Waals surface area contributed by atoms with E-state index in [0.717, 1.165) is 22.3 Å². The summed E-state index contributed by atoms with van der Waals surface area (Å²) in [6.45, 7) is 1.90. The molecule has 1 atom stereocenters. The van der Waals surface area contributed by atoms with Crippen molar-refractivity contribution in [3.63, 3.8) is 0 Å². The van der Waals surface area contributed by atoms with Crippen molar-refractivity contribution in [3.05, 3.63) is 78.4 Å². The van der Waals surface area contributed by atoms with Crippen LogP contribution in [0.1, 0.15) is 17.3 Å². The minimum Gasteiger partial charge on any atom is -0.479 e. The number of carboxylic acids is 1. The topological polar surface area (TPSA) is 122 Å². The molecule has 0 saturated heterocycles. The predicted molar refractivity (Wildman–Crippen MR) is 110 cm³/mol. The lowest BCUT2D eigenvalue weighted by atomic mass is 10.1. The summed E-state index contributed by atoms with van der Waals surface area (Å²) in [5.74, 6) is -0.878. The highest BCUT2D eigenvalue weighted by atomic mass is 16.4. The molecule has 30 heavy (non-hydrogen) atoms. The smallest absolute Gasteiger partial charge is 0.330 e. The Morgan fingerprint density at radius 2 is 1.87 bits per heavy atom. The van der Waals surface area contributed by atoms with Crippen molar-refractivity contribution in [3.8, 4) is 5.69 Å². The summed E-state index contributed by atoms with van der Waals surface area (Å²) in [7, 11) is 0. The molecule has 0 saturated carbocycles. The van der Waals surface area contributed by atoms with Gasteiger partial charge in [0.2, 0.25) is 0 Å². The van der Waals surface area contributed by atoms with Gasteiger partial charge in [0.25, 0.3) is 0 Å². The largest absolute Gasteiger partial charge is 0.479 e. The number of nitrogens with one attached hydrogen (secondary N) is 2. The number of rotatable bonds is 5. The molecule has 0 bridgehead atoms. The van der Waals surface area contributed by atoms with Crippen molar-refractivity contribution in [2.45, 2.75) is 13.0 Å². The molecular weight excluding hydrogens is 384 g/mol. The second-order valence-electron chi connectivity index (χ2n) is 6.62. The summed E-state index contributed by atoms with van der Waals surface area (Å²) < 4.78 is 1.73. The summed E-state index contributed by atoms with van der Waals surface area (Å²) in [5.41, 5.74) is 2.95. The standard InChI is InChI=1S/C21H18N6O3/c1-13-9-16(7-8-22-13)27-17-12-23-18(10-15(17)11-24-27)25-21(30)26-19(20(28)29)14-5-3-2-4-6-14/h2-12,19H,1H3,(H,28,29)(H2,23,25,26,30)/t19-/m0/s1. The van der Waals surface area contributed by atoms with Crippen LogP contribution < -0.4 is 10.6 Å². The Morgan fingerprint density at radius 1 is 1.07 bits per heavy atom. The van der Waals surface area contributed by atoms with Crippen LogP contribution in [0.2, 0.25) is 0 Å². The van der Waals surface area contributed by atoms with Crippen LogP contribution in [0.3, 0.4) is 0 Å². The van der Waals surface area contributed by atoms with Crippen LogP contribution in [0, 0.1) is 6.92 Å². The van der Waals surface area contributed by atoms with E-state index in [4.69, 9.17) is 0 Å². The first-order chi connectivity index (χ1) is 14.5. The van der Waals surface area contributed by atoms with Gasteiger partial charge in [-0.2, -0.15) is 5.10 Å². The van der Waals surface area contributed by atoms with Crippen molar-refractivity contribution in [2.75, 3.05) is 5.32 Å². The molecule has 4 aromatic rings. The number of benzene rings is 1. The monoisotopic (exact) mass is 402 g/mol. The number of aromatic nitrogens is 4. The Hall–Kier alpha value is -4.27. The number of fused-ring (bicyclic) bond motifs is 1. The zero-order valence-electron chi connectivity index (χ0n) is 16.0. The van der Waals surface area contributed by atoms with Crippen LogP contribution in [0.4, 0.5) is 10.6 Å². The van der Waals surface area contributed by atoms with Gasteiger partial charge in [-0.25, -0.2) is 19.3 Å². The Morgan fingerprint density at radius 3 is 2.60 bits per heavy atom. The fourth-order valence-corrected chi connectivity index (χ4v) is 3.08. The van der Waals surface area contributed by atoms with Crippen molar-refractivity contribution in [1.29, 1.82) is 0 Å². The highest BCUT2D eigenvalue weighted by molar-refractivity contribution is 5.93. The van der Waals surface area contributed by atoms with Crippen LogP contribution >= 0.6 is 0 Å². The molecule has 3 aromatic heterocycles. The van der Waals surface area contributed by atoms with Gasteiger partial charge in [0.1, 0.15) is 5.82 Å². The number of nitrogens with zero attached hydrogens (tertiary/aromatic N) is 4. The second-order valence-corrected chi connectivity index (χ2v) is 6.62. The van der Waals surface area contributed by atoms with Crippen molar-refractivity contribution < 1.29 is 14.7 Å². The summed E-state index contributed by atoms with van der Waals surface area (Å²) in [6, 6.07) is 12.0. The zero-order valence-corrected chi connectivity index (χ0v) is 16.0. The molecule has 0 aliphatic rings. The molecule has 0 aliphatic heterocycles. The fraction of sp³-hybridized carbons (Fsp3) is 0.0952. The van der Waals surface area contributed by atoms with Crippen molar-refractivity contribution in [2.24, 2.45) is 0 Å². The lowest BCUT2D eigenvalue weighted by molar-refractivity contribution is -0.139. The quantitative estimate of drug-likeness (QED) is 0.472. The third-order valence-corrected chi connectivity index (χ3v) is 4.48. The highest BCUT2D eigenvalue weighted by Gasteiger charge is 2.22. The molecule has 2 amide bonds. The van der Waals surface area contributed by atoms with Gasteiger partial charge in [-0.15, -0.1) is 0 Å². The van der Waals surface area contributed by atoms with Gasteiger partial charge < -0.3 is 10.4 Å². The van der Waals surface area contributed by atoms with Crippen LogP contribution in [-0.4, -0.2) is 36.9 Å². The molecule has 0 aliphatic carbocycles. The lowest BCUT2D eigenvalue weighted by Crippen LogP contribution is -2.36. The van der Waals surface area contributed by atoms with E-state index in [2.05, 4.69) is 25.7 Å². The van der Waals surface area contributed by atoms with Crippen LogP contribution in [0.15, 0.2) is 67.1 Å². The van der Waals surface area contributed by atoms with E-state index in [0.29, 0.717) is 5.56 Å². The molecule has 150 valence electrons. The summed E-state index contributed by atoms with van der Waals surface area (Å²) in [6.07, 6.45) is 4.97. The number of carboxylic acid groups (broad SMARTS) is 1. The summed E-state index contributed by atoms with van der Waals surface area (Å²) in [5, 5.41) is 19.6. The molecular formula is C21H18N6O3. The number of aliphatic carboxylic acids is 1. The maximum absolute atomic E-state index is 12.3. The summed E-state index contributed by atoms with van der Waals surface area (Å²) in [4.78, 5) is 32.3. The van der Waals surface area contributed by atoms with Gasteiger partial charge >= 0.3 is 12.0 Å². The van der Waals surface area contributed by atoms with E-state index in [1.807, 2.05) is 19.1 Å². The lowest BCUT2D eigenvalue weighted by Gasteiger charge is -2.15. The molecule has 9 nitrogen and oxygen atoms in total. The minimum atomic E-state index is -1.17. The number of hydrogen-bond acceptors (Lipinski definition) is 5. The molecule has 0 fully saturated rings. The third kappa shape index (κ3) is 3.95. The molecule has 9 heteroatoms. The average Bonchev–Trinajstić information content (AvgIpc) is 3.16. The van der Waals surface area contributed by atoms with E-state index in [1.165, 1.54) is 0 Å². The maximum atomic E-state index is 12.3. The number of hydrogen-bond donors (Lipinski definition) is 3. The third-order valence-electron chi connectivity index (χ3n) is 4.48. The van der Waals surface area contributed by atoms with E-state index < -0.39 is 18.0 Å². The first-order valence-electron chi connectivity index (χ1n) is 9.13. The van der Waals surface area contributed by atoms with E-state index in [-0.39, 0.29) is 5.82 Å². The Kier molecular flexibility index (Phi) is 5.08. The Balaban J connectivity index is 1.53. The van der Waals surface area contributed by atoms with Crippen LogP contribution in [0.25, 0.3) is 16.6 Å². The first kappa shape index (κ1) is 19.1. The summed E-state index contributed by atoms with van der Waals surface area (Å²) >= 11 is 0. The molecule has 3 N–H and O–H groups in total. The normalized spacial score (nSPS) is 11.8. The molecule has 3 heterocycles. The van der Waals surface area contributed by atoms with Crippen LogP contribution in [0.5, 0.6) is 0 Å². The van der Waals surface area contributed by atoms with Crippen molar-refractivity contribution in [1.82, 2.24) is 25.1 Å². The second kappa shape index (κ2) is 8.00. The van der Waals surface area contributed by atoms with Gasteiger partial charge in [0, 0.05) is 17.3 Å². The van der Waals surface area contributed by atoms with E-state index in [9.17, 15) is 14.7 Å². The zero-order chi connectivity index (χ0) is 21.1. The van der Waals surface area contributed by atoms with Gasteiger partial charge in [-0.05, 0) is 30.7 Å². The van der Waals surface area contributed by atoms with E-state index in [1.54, 1.807) is 59.7 Å². The minimum absolute atomic E-state index is 0.280. The van der Waals surface area contributed by atoms with Gasteiger partial charge in [0.05, 0.1) is 23.6 Å².